The SMILES string of the molecule is CCCN(C)c1ccc2nc(C3CC3)nc(N3CCC(c4ccccc4OC)CC3)c2c1F. The second kappa shape index (κ2) is 9.16. The van der Waals surface area contributed by atoms with Crippen LogP contribution in [0.2, 0.25) is 0 Å². The summed E-state index contributed by atoms with van der Waals surface area (Å²) in [6.07, 6.45) is 5.19. The first-order valence-corrected chi connectivity index (χ1v) is 12.2. The Hall–Kier alpha value is -2.89. The summed E-state index contributed by atoms with van der Waals surface area (Å²) in [6.45, 7) is 4.60. The predicted octanol–water partition coefficient (Wildman–Crippen LogP) is 5.89. The summed E-state index contributed by atoms with van der Waals surface area (Å²) in [5.74, 6) is 3.25. The molecule has 5 nitrogen and oxygen atoms in total. The van der Waals surface area contributed by atoms with Gasteiger partial charge in [0.1, 0.15) is 17.4 Å². The molecule has 0 amide bonds. The van der Waals surface area contributed by atoms with Crippen molar-refractivity contribution in [1.82, 2.24) is 9.97 Å². The molecule has 0 spiro atoms. The van der Waals surface area contributed by atoms with Crippen LogP contribution >= 0.6 is 0 Å². The fraction of sp³-hybridized carbons (Fsp3) is 0.481. The molecule has 0 radical (unpaired) electrons. The Balaban J connectivity index is 1.49. The first-order valence-electron chi connectivity index (χ1n) is 12.2. The average Bonchev–Trinajstić information content (AvgIpc) is 3.69. The van der Waals surface area contributed by atoms with E-state index in [1.807, 2.05) is 36.2 Å². The summed E-state index contributed by atoms with van der Waals surface area (Å²) in [5.41, 5.74) is 2.61. The second-order valence-electron chi connectivity index (χ2n) is 9.40. The monoisotopic (exact) mass is 448 g/mol. The van der Waals surface area contributed by atoms with E-state index >= 15 is 4.39 Å². The molecule has 1 aliphatic carbocycles. The second-order valence-corrected chi connectivity index (χ2v) is 9.40. The molecule has 174 valence electrons. The number of aromatic nitrogens is 2. The lowest BCUT2D eigenvalue weighted by Gasteiger charge is -2.34. The fourth-order valence-electron chi connectivity index (χ4n) is 5.08. The lowest BCUT2D eigenvalue weighted by atomic mass is 9.88. The molecule has 2 heterocycles. The van der Waals surface area contributed by atoms with Crippen LogP contribution in [-0.2, 0) is 0 Å². The number of anilines is 2. The maximum atomic E-state index is 15.9. The highest BCUT2D eigenvalue weighted by molar-refractivity contribution is 5.93. The number of rotatable bonds is 7. The number of nitrogens with zero attached hydrogens (tertiary/aromatic N) is 4. The molecule has 33 heavy (non-hydrogen) atoms. The molecule has 2 fully saturated rings. The number of halogens is 1. The van der Waals surface area contributed by atoms with Crippen LogP contribution in [0, 0.1) is 5.82 Å². The smallest absolute Gasteiger partial charge is 0.159 e. The largest absolute Gasteiger partial charge is 0.496 e. The van der Waals surface area contributed by atoms with Gasteiger partial charge in [0.2, 0.25) is 0 Å². The number of ether oxygens (including phenoxy) is 1. The molecule has 5 rings (SSSR count). The van der Waals surface area contributed by atoms with E-state index in [0.717, 1.165) is 74.6 Å². The minimum atomic E-state index is -0.201. The molecule has 0 bridgehead atoms. The van der Waals surface area contributed by atoms with Crippen molar-refractivity contribution in [3.8, 4) is 5.75 Å². The zero-order chi connectivity index (χ0) is 22.9. The van der Waals surface area contributed by atoms with Crippen LogP contribution in [0.5, 0.6) is 5.75 Å². The van der Waals surface area contributed by atoms with Gasteiger partial charge >= 0.3 is 0 Å². The van der Waals surface area contributed by atoms with Gasteiger partial charge in [0, 0.05) is 32.6 Å². The van der Waals surface area contributed by atoms with E-state index in [2.05, 4.69) is 24.0 Å². The molecule has 1 aliphatic heterocycles. The van der Waals surface area contributed by atoms with Crippen LogP contribution in [0.15, 0.2) is 36.4 Å². The van der Waals surface area contributed by atoms with Crippen molar-refractivity contribution in [2.75, 3.05) is 43.6 Å². The highest BCUT2D eigenvalue weighted by Crippen LogP contribution is 2.42. The van der Waals surface area contributed by atoms with Crippen molar-refractivity contribution < 1.29 is 9.13 Å². The highest BCUT2D eigenvalue weighted by atomic mass is 19.1. The molecule has 0 N–H and O–H groups in total. The number of benzene rings is 2. The Morgan fingerprint density at radius 1 is 1.03 bits per heavy atom. The molecule has 2 aromatic carbocycles. The Labute approximate surface area is 195 Å². The van der Waals surface area contributed by atoms with Gasteiger partial charge in [-0.1, -0.05) is 25.1 Å². The predicted molar refractivity (Wildman–Crippen MR) is 132 cm³/mol. The maximum absolute atomic E-state index is 15.9. The third kappa shape index (κ3) is 4.23. The lowest BCUT2D eigenvalue weighted by Crippen LogP contribution is -2.34. The normalized spacial score (nSPS) is 16.9. The minimum Gasteiger partial charge on any atom is -0.496 e. The Bertz CT molecular complexity index is 1140. The van der Waals surface area contributed by atoms with Crippen LogP contribution < -0.4 is 14.5 Å². The van der Waals surface area contributed by atoms with Crippen LogP contribution in [0.1, 0.15) is 62.3 Å². The van der Waals surface area contributed by atoms with Gasteiger partial charge in [-0.25, -0.2) is 14.4 Å². The van der Waals surface area contributed by atoms with Gasteiger partial charge in [-0.15, -0.1) is 0 Å². The summed E-state index contributed by atoms with van der Waals surface area (Å²) in [7, 11) is 3.68. The van der Waals surface area contributed by atoms with Crippen molar-refractivity contribution in [3.63, 3.8) is 0 Å². The first-order chi connectivity index (χ1) is 16.1. The van der Waals surface area contributed by atoms with Crippen molar-refractivity contribution >= 4 is 22.4 Å². The summed E-state index contributed by atoms with van der Waals surface area (Å²) < 4.78 is 21.5. The molecule has 1 saturated carbocycles. The first kappa shape index (κ1) is 21.9. The topological polar surface area (TPSA) is 41.5 Å². The fourth-order valence-corrected chi connectivity index (χ4v) is 5.08. The Kier molecular flexibility index (Phi) is 6.09. The molecule has 0 unspecified atom stereocenters. The van der Waals surface area contributed by atoms with Gasteiger partial charge in [0.05, 0.1) is 23.7 Å². The number of piperidine rings is 1. The number of methoxy groups -OCH3 is 1. The standard InChI is InChI=1S/C27H33FN4O/c1-4-15-31(2)22-12-11-21-24(25(22)28)27(30-26(29-21)19-9-10-19)32-16-13-18(14-17-32)20-7-5-6-8-23(20)33-3/h5-8,11-12,18-19H,4,9-10,13-17H2,1-3H3. The molecule has 0 atom stereocenters. The van der Waals surface area contributed by atoms with E-state index in [0.29, 0.717) is 22.9 Å². The van der Waals surface area contributed by atoms with Crippen molar-refractivity contribution in [2.24, 2.45) is 0 Å². The third-order valence-corrected chi connectivity index (χ3v) is 7.06. The van der Waals surface area contributed by atoms with Gasteiger partial charge in [0.15, 0.2) is 5.82 Å². The molecular formula is C27H33FN4O. The number of hydrogen-bond acceptors (Lipinski definition) is 5. The van der Waals surface area contributed by atoms with Gasteiger partial charge in [-0.2, -0.15) is 0 Å². The van der Waals surface area contributed by atoms with Crippen molar-refractivity contribution in [3.05, 3.63) is 53.6 Å². The highest BCUT2D eigenvalue weighted by Gasteiger charge is 2.31. The van der Waals surface area contributed by atoms with E-state index in [1.54, 1.807) is 7.11 Å². The third-order valence-electron chi connectivity index (χ3n) is 7.06. The van der Waals surface area contributed by atoms with Gasteiger partial charge in [-0.05, 0) is 61.8 Å². The zero-order valence-electron chi connectivity index (χ0n) is 19.9. The van der Waals surface area contributed by atoms with Gasteiger partial charge in [0.25, 0.3) is 0 Å². The van der Waals surface area contributed by atoms with E-state index < -0.39 is 0 Å². The van der Waals surface area contributed by atoms with Crippen LogP contribution in [0.3, 0.4) is 0 Å². The van der Waals surface area contributed by atoms with Crippen LogP contribution in [0.4, 0.5) is 15.9 Å². The minimum absolute atomic E-state index is 0.201. The van der Waals surface area contributed by atoms with E-state index in [4.69, 9.17) is 14.7 Å². The molecule has 3 aromatic rings. The average molecular weight is 449 g/mol. The quantitative estimate of drug-likeness (QED) is 0.451. The van der Waals surface area contributed by atoms with E-state index in [9.17, 15) is 0 Å². The number of hydrogen-bond donors (Lipinski definition) is 0. The lowest BCUT2D eigenvalue weighted by molar-refractivity contribution is 0.397. The van der Waals surface area contributed by atoms with Crippen LogP contribution in [-0.4, -0.2) is 43.8 Å². The molecule has 1 saturated heterocycles. The summed E-state index contributed by atoms with van der Waals surface area (Å²) in [5, 5.41) is 0.565. The van der Waals surface area contributed by atoms with Gasteiger partial charge in [-0.3, -0.25) is 0 Å². The molecule has 2 aliphatic rings. The number of para-hydroxylation sites is 1. The summed E-state index contributed by atoms with van der Waals surface area (Å²) in [6, 6.07) is 12.1. The Morgan fingerprint density at radius 3 is 2.48 bits per heavy atom. The maximum Gasteiger partial charge on any atom is 0.159 e. The van der Waals surface area contributed by atoms with Gasteiger partial charge < -0.3 is 14.5 Å². The summed E-state index contributed by atoms with van der Waals surface area (Å²) in [4.78, 5) is 14.0. The summed E-state index contributed by atoms with van der Waals surface area (Å²) >= 11 is 0. The zero-order valence-corrected chi connectivity index (χ0v) is 19.9. The van der Waals surface area contributed by atoms with Crippen LogP contribution in [0.25, 0.3) is 10.9 Å². The van der Waals surface area contributed by atoms with E-state index in [1.165, 1.54) is 5.56 Å². The van der Waals surface area contributed by atoms with E-state index in [-0.39, 0.29) is 5.82 Å². The molecule has 1 aromatic heterocycles. The molecular weight excluding hydrogens is 415 g/mol. The molecule has 6 heteroatoms. The van der Waals surface area contributed by atoms with Crippen molar-refractivity contribution in [1.29, 1.82) is 0 Å². The van der Waals surface area contributed by atoms with Crippen molar-refractivity contribution in [2.45, 2.75) is 50.9 Å². The number of fused-ring (bicyclic) bond motifs is 1. The Morgan fingerprint density at radius 2 is 1.79 bits per heavy atom.